The lowest BCUT2D eigenvalue weighted by Crippen LogP contribution is -2.10. The van der Waals surface area contributed by atoms with Gasteiger partial charge in [-0.25, -0.2) is 9.97 Å². The van der Waals surface area contributed by atoms with Gasteiger partial charge in [0.2, 0.25) is 0 Å². The van der Waals surface area contributed by atoms with Gasteiger partial charge in [0.05, 0.1) is 24.1 Å². The average molecular weight is 262 g/mol. The Morgan fingerprint density at radius 1 is 1.17 bits per heavy atom. The number of nitrogens with one attached hydrogen (secondary N) is 1. The topological polar surface area (TPSA) is 37.8 Å². The third-order valence-corrected chi connectivity index (χ3v) is 3.00. The van der Waals surface area contributed by atoms with E-state index < -0.39 is 0 Å². The van der Waals surface area contributed by atoms with Crippen LogP contribution in [0.1, 0.15) is 31.4 Å². The largest absolute Gasteiger partial charge is 0.376 e. The number of nitrogens with zero attached hydrogens (tertiary/aromatic N) is 2. The van der Waals surface area contributed by atoms with Crippen molar-refractivity contribution in [1.82, 2.24) is 9.97 Å². The molecule has 2 aromatic rings. The zero-order chi connectivity index (χ0) is 12.8. The minimum absolute atomic E-state index is 0.262. The van der Waals surface area contributed by atoms with Crippen molar-refractivity contribution in [2.45, 2.75) is 25.8 Å². The van der Waals surface area contributed by atoms with Crippen molar-refractivity contribution < 1.29 is 0 Å². The highest BCUT2D eigenvalue weighted by Gasteiger charge is 2.10. The predicted molar refractivity (Wildman–Crippen MR) is 74.8 cm³/mol. The minimum atomic E-state index is 0.262. The van der Waals surface area contributed by atoms with Gasteiger partial charge in [0.25, 0.3) is 0 Å². The molecule has 0 radical (unpaired) electrons. The Labute approximate surface area is 112 Å². The van der Waals surface area contributed by atoms with Crippen LogP contribution in [0.4, 0.5) is 5.69 Å². The number of anilines is 1. The summed E-state index contributed by atoms with van der Waals surface area (Å²) in [5.41, 5.74) is 2.16. The molecule has 0 saturated carbocycles. The van der Waals surface area contributed by atoms with Crippen molar-refractivity contribution >= 4 is 17.3 Å². The van der Waals surface area contributed by atoms with Crippen molar-refractivity contribution in [2.24, 2.45) is 0 Å². The first kappa shape index (κ1) is 12.8. The maximum absolute atomic E-state index is 5.91. The van der Waals surface area contributed by atoms with Crippen LogP contribution in [-0.2, 0) is 0 Å². The Balaban J connectivity index is 2.15. The van der Waals surface area contributed by atoms with E-state index in [-0.39, 0.29) is 6.04 Å². The lowest BCUT2D eigenvalue weighted by atomic mass is 10.0. The summed E-state index contributed by atoms with van der Waals surface area (Å²) in [5, 5.41) is 4.21. The van der Waals surface area contributed by atoms with Crippen molar-refractivity contribution in [3.8, 4) is 0 Å². The van der Waals surface area contributed by atoms with E-state index in [1.807, 2.05) is 12.1 Å². The average Bonchev–Trinajstić information content (AvgIpc) is 2.40. The van der Waals surface area contributed by atoms with Gasteiger partial charge in [0.15, 0.2) is 0 Å². The molecule has 0 fully saturated rings. The van der Waals surface area contributed by atoms with Crippen LogP contribution >= 0.6 is 11.6 Å². The molecule has 0 bridgehead atoms. The molecule has 4 heteroatoms. The van der Waals surface area contributed by atoms with Crippen LogP contribution in [0.2, 0.25) is 5.02 Å². The molecule has 0 aliphatic carbocycles. The van der Waals surface area contributed by atoms with Gasteiger partial charge in [0.1, 0.15) is 6.33 Å². The molecule has 2 rings (SSSR count). The zero-order valence-electron chi connectivity index (χ0n) is 10.3. The molecule has 1 aromatic carbocycles. The fraction of sp³-hybridized carbons (Fsp3) is 0.286. The molecule has 1 atom stereocenters. The summed E-state index contributed by atoms with van der Waals surface area (Å²) in [4.78, 5) is 8.02. The molecule has 0 spiro atoms. The predicted octanol–water partition coefficient (Wildman–Crippen LogP) is 4.08. The first-order valence-corrected chi connectivity index (χ1v) is 6.44. The molecule has 0 saturated heterocycles. The number of hydrogen-bond donors (Lipinski definition) is 1. The van der Waals surface area contributed by atoms with Gasteiger partial charge in [-0.05, 0) is 24.1 Å². The Bertz CT molecular complexity index is 470. The van der Waals surface area contributed by atoms with Gasteiger partial charge >= 0.3 is 0 Å². The maximum Gasteiger partial charge on any atom is 0.115 e. The minimum Gasteiger partial charge on any atom is -0.376 e. The van der Waals surface area contributed by atoms with Gasteiger partial charge in [-0.1, -0.05) is 37.1 Å². The lowest BCUT2D eigenvalue weighted by molar-refractivity contribution is 0.676. The van der Waals surface area contributed by atoms with E-state index in [4.69, 9.17) is 11.6 Å². The summed E-state index contributed by atoms with van der Waals surface area (Å²) < 4.78 is 0. The van der Waals surface area contributed by atoms with E-state index in [0.717, 1.165) is 23.6 Å². The number of hydrogen-bond acceptors (Lipinski definition) is 3. The van der Waals surface area contributed by atoms with Crippen LogP contribution in [-0.4, -0.2) is 9.97 Å². The first-order valence-electron chi connectivity index (χ1n) is 6.06. The highest BCUT2D eigenvalue weighted by Crippen LogP contribution is 2.24. The third-order valence-electron chi connectivity index (χ3n) is 2.75. The smallest absolute Gasteiger partial charge is 0.115 e. The third kappa shape index (κ3) is 3.44. The molecule has 0 aliphatic heterocycles. The Morgan fingerprint density at radius 3 is 2.44 bits per heavy atom. The van der Waals surface area contributed by atoms with Gasteiger partial charge in [-0.2, -0.15) is 0 Å². The summed E-state index contributed by atoms with van der Waals surface area (Å²) in [6, 6.07) is 8.21. The van der Waals surface area contributed by atoms with Crippen LogP contribution < -0.4 is 5.32 Å². The standard InChI is InChI=1S/C14H16ClN3/c1-2-3-14(11-4-6-12(15)7-5-11)18-13-8-16-10-17-9-13/h4-10,14,18H,2-3H2,1H3. The van der Waals surface area contributed by atoms with Gasteiger partial charge < -0.3 is 5.32 Å². The molecule has 1 heterocycles. The summed E-state index contributed by atoms with van der Waals surface area (Å²) >= 11 is 5.91. The first-order chi connectivity index (χ1) is 8.79. The van der Waals surface area contributed by atoms with Crippen molar-refractivity contribution in [1.29, 1.82) is 0 Å². The van der Waals surface area contributed by atoms with E-state index in [9.17, 15) is 0 Å². The van der Waals surface area contributed by atoms with Gasteiger partial charge in [-0.3, -0.25) is 0 Å². The summed E-state index contributed by atoms with van der Waals surface area (Å²) in [6.07, 6.45) is 7.25. The second kappa shape index (κ2) is 6.36. The fourth-order valence-electron chi connectivity index (χ4n) is 1.88. The SMILES string of the molecule is CCCC(Nc1cncnc1)c1ccc(Cl)cc1. The van der Waals surface area contributed by atoms with Crippen LogP contribution in [0.3, 0.4) is 0 Å². The second-order valence-corrected chi connectivity index (χ2v) is 4.60. The fourth-order valence-corrected chi connectivity index (χ4v) is 2.01. The highest BCUT2D eigenvalue weighted by atomic mass is 35.5. The van der Waals surface area contributed by atoms with Gasteiger partial charge in [0, 0.05) is 5.02 Å². The Hall–Kier alpha value is -1.61. The number of aromatic nitrogens is 2. The van der Waals surface area contributed by atoms with Crippen LogP contribution in [0, 0.1) is 0 Å². The normalized spacial score (nSPS) is 12.1. The monoisotopic (exact) mass is 261 g/mol. The molecule has 18 heavy (non-hydrogen) atoms. The number of rotatable bonds is 5. The van der Waals surface area contributed by atoms with E-state index in [1.165, 1.54) is 11.9 Å². The molecule has 3 nitrogen and oxygen atoms in total. The molecule has 1 aromatic heterocycles. The maximum atomic E-state index is 5.91. The van der Waals surface area contributed by atoms with Crippen molar-refractivity contribution in [3.05, 3.63) is 53.6 Å². The molecular formula is C14H16ClN3. The molecule has 0 aliphatic rings. The quantitative estimate of drug-likeness (QED) is 0.881. The number of halogens is 1. The van der Waals surface area contributed by atoms with E-state index >= 15 is 0 Å². The molecular weight excluding hydrogens is 246 g/mol. The van der Waals surface area contributed by atoms with Crippen molar-refractivity contribution in [3.63, 3.8) is 0 Å². The zero-order valence-corrected chi connectivity index (χ0v) is 11.1. The van der Waals surface area contributed by atoms with Gasteiger partial charge in [-0.15, -0.1) is 0 Å². The van der Waals surface area contributed by atoms with Crippen LogP contribution in [0.25, 0.3) is 0 Å². The van der Waals surface area contributed by atoms with E-state index in [0.29, 0.717) is 0 Å². The molecule has 0 amide bonds. The molecule has 1 unspecified atom stereocenters. The van der Waals surface area contributed by atoms with E-state index in [2.05, 4.69) is 34.3 Å². The summed E-state index contributed by atoms with van der Waals surface area (Å²) in [6.45, 7) is 2.17. The Morgan fingerprint density at radius 2 is 1.83 bits per heavy atom. The summed E-state index contributed by atoms with van der Waals surface area (Å²) in [5.74, 6) is 0. The molecule has 94 valence electrons. The summed E-state index contributed by atoms with van der Waals surface area (Å²) in [7, 11) is 0. The van der Waals surface area contributed by atoms with E-state index in [1.54, 1.807) is 12.4 Å². The second-order valence-electron chi connectivity index (χ2n) is 4.16. The highest BCUT2D eigenvalue weighted by molar-refractivity contribution is 6.30. The van der Waals surface area contributed by atoms with Crippen LogP contribution in [0.15, 0.2) is 43.0 Å². The van der Waals surface area contributed by atoms with Crippen molar-refractivity contribution in [2.75, 3.05) is 5.32 Å². The molecule has 1 N–H and O–H groups in total. The van der Waals surface area contributed by atoms with Crippen LogP contribution in [0.5, 0.6) is 0 Å². The Kier molecular flexibility index (Phi) is 4.53. The lowest BCUT2D eigenvalue weighted by Gasteiger charge is -2.19. The number of benzene rings is 1.